The molecule has 82 valence electrons. The maximum absolute atomic E-state index is 13.6. The fourth-order valence-corrected chi connectivity index (χ4v) is 1.41. The third-order valence-corrected chi connectivity index (χ3v) is 2.21. The Morgan fingerprint density at radius 2 is 2.19 bits per heavy atom. The summed E-state index contributed by atoms with van der Waals surface area (Å²) >= 11 is 0. The van der Waals surface area contributed by atoms with Crippen LogP contribution in [0.3, 0.4) is 0 Å². The van der Waals surface area contributed by atoms with Gasteiger partial charge in [0, 0.05) is 18.8 Å². The van der Waals surface area contributed by atoms with Crippen molar-refractivity contribution in [2.45, 2.75) is 0 Å². The zero-order chi connectivity index (χ0) is 11.7. The maximum Gasteiger partial charge on any atom is 0.335 e. The molecule has 1 N–H and O–H groups in total. The van der Waals surface area contributed by atoms with Crippen LogP contribution >= 0.6 is 0 Å². The molecule has 0 saturated heterocycles. The van der Waals surface area contributed by atoms with E-state index in [2.05, 4.69) is 5.10 Å². The summed E-state index contributed by atoms with van der Waals surface area (Å²) in [7, 11) is 1.73. The van der Waals surface area contributed by atoms with Crippen molar-refractivity contribution in [2.75, 3.05) is 0 Å². The van der Waals surface area contributed by atoms with Crippen molar-refractivity contribution in [3.8, 4) is 11.3 Å². The summed E-state index contributed by atoms with van der Waals surface area (Å²) in [6.07, 6.45) is 1.69. The van der Waals surface area contributed by atoms with Gasteiger partial charge in [0.2, 0.25) is 0 Å². The standard InChI is InChI=1S/C11H9FN2O2/c1-14-5-4-10(13-14)8-3-2-7(11(15)16)6-9(8)12/h2-6H,1H3,(H,15,16). The van der Waals surface area contributed by atoms with E-state index in [-0.39, 0.29) is 5.56 Å². The molecule has 0 amide bonds. The van der Waals surface area contributed by atoms with Crippen molar-refractivity contribution < 1.29 is 14.3 Å². The molecule has 0 aliphatic rings. The van der Waals surface area contributed by atoms with Gasteiger partial charge in [0.25, 0.3) is 0 Å². The van der Waals surface area contributed by atoms with Crippen molar-refractivity contribution >= 4 is 5.97 Å². The topological polar surface area (TPSA) is 55.1 Å². The van der Waals surface area contributed by atoms with Crippen LogP contribution in [0.25, 0.3) is 11.3 Å². The second kappa shape index (κ2) is 3.77. The molecule has 5 heteroatoms. The number of carboxylic acids is 1. The summed E-state index contributed by atoms with van der Waals surface area (Å²) < 4.78 is 15.1. The maximum atomic E-state index is 13.6. The summed E-state index contributed by atoms with van der Waals surface area (Å²) in [5, 5.41) is 12.7. The first kappa shape index (κ1) is 10.4. The third kappa shape index (κ3) is 1.79. The Morgan fingerprint density at radius 1 is 1.44 bits per heavy atom. The molecule has 0 aliphatic heterocycles. The molecule has 4 nitrogen and oxygen atoms in total. The molecule has 1 heterocycles. The molecule has 16 heavy (non-hydrogen) atoms. The summed E-state index contributed by atoms with van der Waals surface area (Å²) in [5.74, 6) is -1.73. The van der Waals surface area contributed by atoms with Crippen LogP contribution in [0.5, 0.6) is 0 Å². The molecular formula is C11H9FN2O2. The number of rotatable bonds is 2. The lowest BCUT2D eigenvalue weighted by Gasteiger charge is -2.00. The molecule has 0 atom stereocenters. The number of hydrogen-bond acceptors (Lipinski definition) is 2. The monoisotopic (exact) mass is 220 g/mol. The lowest BCUT2D eigenvalue weighted by molar-refractivity contribution is 0.0696. The van der Waals surface area contributed by atoms with Crippen LogP contribution in [0, 0.1) is 5.82 Å². The lowest BCUT2D eigenvalue weighted by Crippen LogP contribution is -1.98. The molecule has 0 saturated carbocycles. The minimum Gasteiger partial charge on any atom is -0.478 e. The number of carbonyl (C=O) groups is 1. The highest BCUT2D eigenvalue weighted by Crippen LogP contribution is 2.21. The van der Waals surface area contributed by atoms with E-state index < -0.39 is 11.8 Å². The molecule has 0 unspecified atom stereocenters. The van der Waals surface area contributed by atoms with Crippen LogP contribution < -0.4 is 0 Å². The van der Waals surface area contributed by atoms with E-state index in [1.807, 2.05) is 0 Å². The van der Waals surface area contributed by atoms with Gasteiger partial charge in [-0.15, -0.1) is 0 Å². The van der Waals surface area contributed by atoms with E-state index in [0.29, 0.717) is 11.3 Å². The Labute approximate surface area is 90.9 Å². The van der Waals surface area contributed by atoms with Crippen LogP contribution in [0.4, 0.5) is 4.39 Å². The molecule has 0 fully saturated rings. The van der Waals surface area contributed by atoms with Crippen molar-refractivity contribution in [3.05, 3.63) is 41.8 Å². The van der Waals surface area contributed by atoms with Crippen molar-refractivity contribution in [1.82, 2.24) is 9.78 Å². The van der Waals surface area contributed by atoms with Crippen molar-refractivity contribution in [2.24, 2.45) is 7.05 Å². The van der Waals surface area contributed by atoms with E-state index in [0.717, 1.165) is 6.07 Å². The number of carboxylic acid groups (broad SMARTS) is 1. The molecule has 1 aromatic heterocycles. The molecule has 0 bridgehead atoms. The van der Waals surface area contributed by atoms with E-state index >= 15 is 0 Å². The number of aromatic nitrogens is 2. The zero-order valence-corrected chi connectivity index (χ0v) is 8.51. The van der Waals surface area contributed by atoms with E-state index in [1.165, 1.54) is 12.1 Å². The van der Waals surface area contributed by atoms with Gasteiger partial charge in [-0.05, 0) is 24.3 Å². The van der Waals surface area contributed by atoms with Crippen LogP contribution in [0.15, 0.2) is 30.5 Å². The minimum absolute atomic E-state index is 0.0721. The normalized spacial score (nSPS) is 10.4. The SMILES string of the molecule is Cn1ccc(-c2ccc(C(=O)O)cc2F)n1. The molecule has 0 spiro atoms. The van der Waals surface area contributed by atoms with Gasteiger partial charge in [-0.25, -0.2) is 9.18 Å². The Morgan fingerprint density at radius 3 is 2.69 bits per heavy atom. The number of hydrogen-bond donors (Lipinski definition) is 1. The average molecular weight is 220 g/mol. The number of benzene rings is 1. The zero-order valence-electron chi connectivity index (χ0n) is 8.51. The molecule has 0 radical (unpaired) electrons. The van der Waals surface area contributed by atoms with Crippen molar-refractivity contribution in [3.63, 3.8) is 0 Å². The van der Waals surface area contributed by atoms with E-state index in [4.69, 9.17) is 5.11 Å². The fourth-order valence-electron chi connectivity index (χ4n) is 1.41. The fraction of sp³-hybridized carbons (Fsp3) is 0.0909. The average Bonchev–Trinajstić information content (AvgIpc) is 2.64. The smallest absolute Gasteiger partial charge is 0.335 e. The first-order valence-corrected chi connectivity index (χ1v) is 4.61. The predicted octanol–water partition coefficient (Wildman–Crippen LogP) is 1.92. The largest absolute Gasteiger partial charge is 0.478 e. The Kier molecular flexibility index (Phi) is 2.44. The highest BCUT2D eigenvalue weighted by molar-refractivity contribution is 5.88. The number of nitrogens with zero attached hydrogens (tertiary/aromatic N) is 2. The molecule has 2 rings (SSSR count). The van der Waals surface area contributed by atoms with Crippen LogP contribution in [0.2, 0.25) is 0 Å². The van der Waals surface area contributed by atoms with Crippen LogP contribution in [-0.2, 0) is 7.05 Å². The summed E-state index contributed by atoms with van der Waals surface area (Å²) in [6.45, 7) is 0. The molecule has 1 aromatic carbocycles. The van der Waals surface area contributed by atoms with Crippen LogP contribution in [0.1, 0.15) is 10.4 Å². The van der Waals surface area contributed by atoms with Gasteiger partial charge >= 0.3 is 5.97 Å². The Balaban J connectivity index is 2.47. The van der Waals surface area contributed by atoms with Gasteiger partial charge in [0.15, 0.2) is 0 Å². The van der Waals surface area contributed by atoms with Gasteiger partial charge in [-0.2, -0.15) is 5.10 Å². The van der Waals surface area contributed by atoms with Crippen molar-refractivity contribution in [1.29, 1.82) is 0 Å². The highest BCUT2D eigenvalue weighted by Gasteiger charge is 2.11. The molecule has 0 aliphatic carbocycles. The van der Waals surface area contributed by atoms with Gasteiger partial charge < -0.3 is 5.11 Å². The van der Waals surface area contributed by atoms with E-state index in [9.17, 15) is 9.18 Å². The predicted molar refractivity (Wildman–Crippen MR) is 55.6 cm³/mol. The molecular weight excluding hydrogens is 211 g/mol. The van der Waals surface area contributed by atoms with Gasteiger partial charge in [-0.1, -0.05) is 0 Å². The Hall–Kier alpha value is -2.17. The second-order valence-corrected chi connectivity index (χ2v) is 3.37. The number of aryl methyl sites for hydroxylation is 1. The second-order valence-electron chi connectivity index (χ2n) is 3.37. The van der Waals surface area contributed by atoms with Crippen LogP contribution in [-0.4, -0.2) is 20.9 Å². The summed E-state index contributed by atoms with van der Waals surface area (Å²) in [6, 6.07) is 5.43. The lowest BCUT2D eigenvalue weighted by atomic mass is 10.1. The van der Waals surface area contributed by atoms with Gasteiger partial charge in [-0.3, -0.25) is 4.68 Å². The first-order valence-electron chi connectivity index (χ1n) is 4.61. The molecule has 2 aromatic rings. The Bertz CT molecular complexity index is 549. The van der Waals surface area contributed by atoms with Gasteiger partial charge in [0.1, 0.15) is 5.82 Å². The highest BCUT2D eigenvalue weighted by atomic mass is 19.1. The van der Waals surface area contributed by atoms with Gasteiger partial charge in [0.05, 0.1) is 11.3 Å². The minimum atomic E-state index is -1.15. The number of aromatic carboxylic acids is 1. The number of halogens is 1. The third-order valence-electron chi connectivity index (χ3n) is 2.21. The first-order chi connectivity index (χ1) is 7.58. The quantitative estimate of drug-likeness (QED) is 0.841. The summed E-state index contributed by atoms with van der Waals surface area (Å²) in [4.78, 5) is 10.6. The van der Waals surface area contributed by atoms with E-state index in [1.54, 1.807) is 24.0 Å². The summed E-state index contributed by atoms with van der Waals surface area (Å²) in [5.41, 5.74) is 0.708.